The highest BCUT2D eigenvalue weighted by atomic mass is 35.5. The zero-order valence-corrected chi connectivity index (χ0v) is 21.9. The minimum absolute atomic E-state index is 0.0287. The molecule has 0 atom stereocenters. The van der Waals surface area contributed by atoms with Gasteiger partial charge in [-0.25, -0.2) is 4.79 Å². The first-order chi connectivity index (χ1) is 18.5. The van der Waals surface area contributed by atoms with Gasteiger partial charge in [-0.05, 0) is 80.3 Å². The van der Waals surface area contributed by atoms with Crippen LogP contribution in [0.15, 0.2) is 78.0 Å². The Morgan fingerprint density at radius 3 is 2.61 bits per heavy atom. The van der Waals surface area contributed by atoms with Crippen LogP contribution in [0.1, 0.15) is 41.7 Å². The Kier molecular flexibility index (Phi) is 6.45. The second-order valence-corrected chi connectivity index (χ2v) is 10.5. The van der Waals surface area contributed by atoms with Gasteiger partial charge >= 0.3 is 5.69 Å². The molecular weight excluding hydrogens is 498 g/mol. The van der Waals surface area contributed by atoms with E-state index in [-0.39, 0.29) is 17.6 Å². The highest BCUT2D eigenvalue weighted by Crippen LogP contribution is 2.28. The molecule has 2 aromatic carbocycles. The number of hydrogen-bond donors (Lipinski definition) is 1. The smallest absolute Gasteiger partial charge is 0.333 e. The number of pyridine rings is 2. The maximum absolute atomic E-state index is 13.8. The molecule has 192 valence electrons. The number of halogens is 1. The summed E-state index contributed by atoms with van der Waals surface area (Å²) in [6.07, 6.45) is 8.76. The topological polar surface area (TPSA) is 81.8 Å². The van der Waals surface area contributed by atoms with Gasteiger partial charge in [0.25, 0.3) is 5.91 Å². The lowest BCUT2D eigenvalue weighted by Gasteiger charge is -2.29. The van der Waals surface area contributed by atoms with E-state index in [0.29, 0.717) is 28.7 Å². The van der Waals surface area contributed by atoms with Crippen molar-refractivity contribution in [3.05, 3.63) is 100.0 Å². The van der Waals surface area contributed by atoms with Gasteiger partial charge in [0.05, 0.1) is 33.0 Å². The predicted molar refractivity (Wildman–Crippen MR) is 150 cm³/mol. The number of fused-ring (bicyclic) bond motifs is 2. The SMILES string of the molecule is Cc1ncc(Cl)cc1C(=O)N[C@H]1CC[C@H](Cn2c(=O)n(-c3ccc4cnccc4c3)c3ccccc32)CC1. The molecule has 0 aliphatic heterocycles. The zero-order chi connectivity index (χ0) is 26.2. The Balaban J connectivity index is 1.21. The minimum atomic E-state index is -0.133. The summed E-state index contributed by atoms with van der Waals surface area (Å²) in [5.74, 6) is 0.226. The number of imidazole rings is 1. The van der Waals surface area contributed by atoms with Gasteiger partial charge in [0.15, 0.2) is 0 Å². The van der Waals surface area contributed by atoms with E-state index in [1.54, 1.807) is 18.5 Å². The van der Waals surface area contributed by atoms with Gasteiger partial charge in [0.2, 0.25) is 0 Å². The number of carbonyl (C=O) groups excluding carboxylic acids is 1. The van der Waals surface area contributed by atoms with E-state index in [1.807, 2.05) is 70.8 Å². The Morgan fingerprint density at radius 1 is 1.00 bits per heavy atom. The van der Waals surface area contributed by atoms with Crippen LogP contribution in [-0.2, 0) is 6.54 Å². The summed E-state index contributed by atoms with van der Waals surface area (Å²) >= 11 is 6.05. The van der Waals surface area contributed by atoms with E-state index >= 15 is 0 Å². The van der Waals surface area contributed by atoms with Gasteiger partial charge in [0.1, 0.15) is 0 Å². The molecule has 38 heavy (non-hydrogen) atoms. The van der Waals surface area contributed by atoms with Crippen LogP contribution in [0.4, 0.5) is 0 Å². The van der Waals surface area contributed by atoms with Crippen molar-refractivity contribution in [1.29, 1.82) is 0 Å². The van der Waals surface area contributed by atoms with Crippen LogP contribution in [0.3, 0.4) is 0 Å². The molecule has 1 saturated carbocycles. The molecular formula is C30H28ClN5O2. The molecule has 3 heterocycles. The summed E-state index contributed by atoms with van der Waals surface area (Å²) in [5.41, 5.74) is 3.84. The van der Waals surface area contributed by atoms with Gasteiger partial charge < -0.3 is 5.32 Å². The first-order valence-corrected chi connectivity index (χ1v) is 13.3. The summed E-state index contributed by atoms with van der Waals surface area (Å²) in [7, 11) is 0. The molecule has 0 spiro atoms. The van der Waals surface area contributed by atoms with Gasteiger partial charge in [-0.15, -0.1) is 0 Å². The summed E-state index contributed by atoms with van der Waals surface area (Å²) < 4.78 is 3.72. The number of nitrogens with one attached hydrogen (secondary N) is 1. The summed E-state index contributed by atoms with van der Waals surface area (Å²) in [4.78, 5) is 35.0. The number of para-hydroxylation sites is 2. The summed E-state index contributed by atoms with van der Waals surface area (Å²) in [6.45, 7) is 2.47. The van der Waals surface area contributed by atoms with Gasteiger partial charge in [0, 0.05) is 36.6 Å². The van der Waals surface area contributed by atoms with E-state index in [4.69, 9.17) is 11.6 Å². The third-order valence-electron chi connectivity index (χ3n) is 7.64. The number of benzene rings is 2. The lowest BCUT2D eigenvalue weighted by molar-refractivity contribution is 0.0919. The number of aromatic nitrogens is 4. The molecule has 1 amide bonds. The number of nitrogens with zero attached hydrogens (tertiary/aromatic N) is 4. The fraction of sp³-hybridized carbons (Fsp3) is 0.267. The number of rotatable bonds is 5. The van der Waals surface area contributed by atoms with E-state index in [1.165, 1.54) is 0 Å². The zero-order valence-electron chi connectivity index (χ0n) is 21.1. The molecule has 8 heteroatoms. The molecule has 5 aromatic rings. The minimum Gasteiger partial charge on any atom is -0.349 e. The predicted octanol–water partition coefficient (Wildman–Crippen LogP) is 5.69. The average Bonchev–Trinajstić information content (AvgIpc) is 3.21. The van der Waals surface area contributed by atoms with Crippen molar-refractivity contribution >= 4 is 39.3 Å². The highest BCUT2D eigenvalue weighted by molar-refractivity contribution is 6.30. The van der Waals surface area contributed by atoms with Crippen LogP contribution >= 0.6 is 11.6 Å². The normalized spacial score (nSPS) is 17.6. The van der Waals surface area contributed by atoms with Crippen molar-refractivity contribution in [2.75, 3.05) is 0 Å². The third-order valence-corrected chi connectivity index (χ3v) is 7.85. The molecule has 0 unspecified atom stereocenters. The van der Waals surface area contributed by atoms with Crippen LogP contribution in [0.25, 0.3) is 27.5 Å². The summed E-state index contributed by atoms with van der Waals surface area (Å²) in [5, 5.41) is 5.69. The van der Waals surface area contributed by atoms with Crippen molar-refractivity contribution in [3.63, 3.8) is 0 Å². The monoisotopic (exact) mass is 525 g/mol. The number of amides is 1. The molecule has 0 saturated heterocycles. The van der Waals surface area contributed by atoms with Crippen LogP contribution in [0.5, 0.6) is 0 Å². The second kappa shape index (κ2) is 10.1. The quantitative estimate of drug-likeness (QED) is 0.320. The number of carbonyl (C=O) groups is 1. The van der Waals surface area contributed by atoms with Gasteiger partial charge in [-0.3, -0.25) is 23.9 Å². The van der Waals surface area contributed by atoms with E-state index in [9.17, 15) is 9.59 Å². The molecule has 0 radical (unpaired) electrons. The van der Waals surface area contributed by atoms with Crippen molar-refractivity contribution in [1.82, 2.24) is 24.4 Å². The Labute approximate surface area is 225 Å². The molecule has 1 N–H and O–H groups in total. The van der Waals surface area contributed by atoms with Crippen molar-refractivity contribution in [2.24, 2.45) is 5.92 Å². The van der Waals surface area contributed by atoms with Crippen LogP contribution in [0.2, 0.25) is 5.02 Å². The second-order valence-electron chi connectivity index (χ2n) is 10.1. The fourth-order valence-corrected chi connectivity index (χ4v) is 5.75. The fourth-order valence-electron chi connectivity index (χ4n) is 5.59. The molecule has 0 bridgehead atoms. The molecule has 3 aromatic heterocycles. The Morgan fingerprint density at radius 2 is 1.79 bits per heavy atom. The van der Waals surface area contributed by atoms with Crippen molar-refractivity contribution in [2.45, 2.75) is 45.2 Å². The van der Waals surface area contributed by atoms with E-state index < -0.39 is 0 Å². The van der Waals surface area contributed by atoms with E-state index in [2.05, 4.69) is 15.3 Å². The maximum atomic E-state index is 13.8. The number of hydrogen-bond acceptors (Lipinski definition) is 4. The van der Waals surface area contributed by atoms with Crippen LogP contribution in [0, 0.1) is 12.8 Å². The van der Waals surface area contributed by atoms with Crippen LogP contribution < -0.4 is 11.0 Å². The number of aryl methyl sites for hydroxylation is 1. The Hall–Kier alpha value is -3.97. The first kappa shape index (κ1) is 24.4. The first-order valence-electron chi connectivity index (χ1n) is 13.0. The molecule has 1 aliphatic rings. The highest BCUT2D eigenvalue weighted by Gasteiger charge is 2.25. The van der Waals surface area contributed by atoms with Crippen molar-refractivity contribution < 1.29 is 4.79 Å². The molecule has 6 rings (SSSR count). The summed E-state index contributed by atoms with van der Waals surface area (Å²) in [6, 6.07) is 17.7. The average molecular weight is 526 g/mol. The van der Waals surface area contributed by atoms with Crippen molar-refractivity contribution in [3.8, 4) is 5.69 Å². The molecule has 1 fully saturated rings. The third kappa shape index (κ3) is 4.58. The van der Waals surface area contributed by atoms with E-state index in [0.717, 1.165) is 53.2 Å². The lowest BCUT2D eigenvalue weighted by atomic mass is 9.85. The van der Waals surface area contributed by atoms with Crippen LogP contribution in [-0.4, -0.2) is 31.1 Å². The standard InChI is InChI=1S/C30H28ClN5O2/c1-19-26(15-23(31)17-33-19)29(37)34-24-9-6-20(7-10-24)18-35-27-4-2-3-5-28(27)36(30(35)38)25-11-8-22-16-32-13-12-21(22)14-25/h2-5,8,11-17,20,24H,6-7,9-10,18H2,1H3,(H,34,37)/t20-,24-. The maximum Gasteiger partial charge on any atom is 0.333 e. The molecule has 7 nitrogen and oxygen atoms in total. The van der Waals surface area contributed by atoms with Gasteiger partial charge in [-0.2, -0.15) is 0 Å². The molecule has 1 aliphatic carbocycles. The Bertz CT molecular complexity index is 1720. The largest absolute Gasteiger partial charge is 0.349 e. The lowest BCUT2D eigenvalue weighted by Crippen LogP contribution is -2.39. The van der Waals surface area contributed by atoms with Gasteiger partial charge in [-0.1, -0.05) is 29.8 Å².